The molecule has 0 heterocycles. The number of benzene rings is 2. The Bertz CT molecular complexity index is 691. The summed E-state index contributed by atoms with van der Waals surface area (Å²) in [6, 6.07) is 12.1. The third-order valence-corrected chi connectivity index (χ3v) is 3.56. The van der Waals surface area contributed by atoms with Crippen LogP contribution in [0.15, 0.2) is 47.5 Å². The Morgan fingerprint density at radius 2 is 1.83 bits per heavy atom. The maximum absolute atomic E-state index is 13.6. The minimum atomic E-state index is -0.241. The van der Waals surface area contributed by atoms with Crippen molar-refractivity contribution in [3.63, 3.8) is 0 Å². The molecule has 23 heavy (non-hydrogen) atoms. The fourth-order valence-electron chi connectivity index (χ4n) is 2.08. The van der Waals surface area contributed by atoms with Crippen LogP contribution in [0.3, 0.4) is 0 Å². The SMILES string of the molecule is CN=C(NCc1ccccc1F)NCc1ccc(Cl)cc1OC. The van der Waals surface area contributed by atoms with E-state index in [0.29, 0.717) is 35.4 Å². The van der Waals surface area contributed by atoms with Crippen LogP contribution in [0.5, 0.6) is 5.75 Å². The minimum Gasteiger partial charge on any atom is -0.496 e. The lowest BCUT2D eigenvalue weighted by Crippen LogP contribution is -2.36. The zero-order chi connectivity index (χ0) is 16.7. The second kappa shape index (κ2) is 8.39. The predicted molar refractivity (Wildman–Crippen MR) is 91.4 cm³/mol. The summed E-state index contributed by atoms with van der Waals surface area (Å²) in [6.45, 7) is 0.862. The molecular formula is C17H19ClFN3O. The zero-order valence-electron chi connectivity index (χ0n) is 13.1. The van der Waals surface area contributed by atoms with Gasteiger partial charge < -0.3 is 15.4 Å². The molecule has 2 N–H and O–H groups in total. The molecule has 2 aromatic rings. The van der Waals surface area contributed by atoms with Crippen molar-refractivity contribution in [1.82, 2.24) is 10.6 Å². The van der Waals surface area contributed by atoms with Crippen LogP contribution in [0.25, 0.3) is 0 Å². The highest BCUT2D eigenvalue weighted by Gasteiger charge is 2.06. The monoisotopic (exact) mass is 335 g/mol. The van der Waals surface area contributed by atoms with Crippen molar-refractivity contribution in [2.45, 2.75) is 13.1 Å². The number of hydrogen-bond acceptors (Lipinski definition) is 2. The van der Waals surface area contributed by atoms with E-state index in [1.165, 1.54) is 6.07 Å². The van der Waals surface area contributed by atoms with Crippen molar-refractivity contribution >= 4 is 17.6 Å². The Balaban J connectivity index is 1.94. The van der Waals surface area contributed by atoms with Crippen LogP contribution in [0.2, 0.25) is 5.02 Å². The zero-order valence-corrected chi connectivity index (χ0v) is 13.8. The molecule has 6 heteroatoms. The lowest BCUT2D eigenvalue weighted by Gasteiger charge is -2.14. The van der Waals surface area contributed by atoms with Crippen molar-refractivity contribution in [2.24, 2.45) is 4.99 Å². The largest absolute Gasteiger partial charge is 0.496 e. The Morgan fingerprint density at radius 1 is 1.13 bits per heavy atom. The molecule has 0 bridgehead atoms. The van der Waals surface area contributed by atoms with E-state index in [2.05, 4.69) is 15.6 Å². The van der Waals surface area contributed by atoms with Crippen molar-refractivity contribution in [2.75, 3.05) is 14.2 Å². The molecule has 0 aromatic heterocycles. The first-order chi connectivity index (χ1) is 11.1. The van der Waals surface area contributed by atoms with E-state index in [9.17, 15) is 4.39 Å². The molecule has 0 aliphatic carbocycles. The summed E-state index contributed by atoms with van der Waals surface area (Å²) < 4.78 is 18.9. The number of rotatable bonds is 5. The van der Waals surface area contributed by atoms with Gasteiger partial charge in [0.2, 0.25) is 0 Å². The van der Waals surface area contributed by atoms with Crippen LogP contribution < -0.4 is 15.4 Å². The summed E-state index contributed by atoms with van der Waals surface area (Å²) >= 11 is 5.95. The Hall–Kier alpha value is -2.27. The first-order valence-electron chi connectivity index (χ1n) is 7.14. The third kappa shape index (κ3) is 4.86. The summed E-state index contributed by atoms with van der Waals surface area (Å²) in [5.74, 6) is 1.04. The van der Waals surface area contributed by atoms with Crippen molar-refractivity contribution in [1.29, 1.82) is 0 Å². The van der Waals surface area contributed by atoms with Crippen molar-refractivity contribution in [3.05, 3.63) is 64.4 Å². The fourth-order valence-corrected chi connectivity index (χ4v) is 2.25. The van der Waals surface area contributed by atoms with Gasteiger partial charge in [-0.05, 0) is 18.2 Å². The number of nitrogens with one attached hydrogen (secondary N) is 2. The maximum Gasteiger partial charge on any atom is 0.191 e. The van der Waals surface area contributed by atoms with E-state index in [-0.39, 0.29) is 5.82 Å². The summed E-state index contributed by atoms with van der Waals surface area (Å²) in [7, 11) is 3.26. The normalized spacial score (nSPS) is 11.2. The molecule has 4 nitrogen and oxygen atoms in total. The molecule has 2 aromatic carbocycles. The van der Waals surface area contributed by atoms with Gasteiger partial charge in [0.15, 0.2) is 5.96 Å². The highest BCUT2D eigenvalue weighted by Crippen LogP contribution is 2.22. The molecular weight excluding hydrogens is 317 g/mol. The van der Waals surface area contributed by atoms with Gasteiger partial charge >= 0.3 is 0 Å². The van der Waals surface area contributed by atoms with Gasteiger partial charge in [0.1, 0.15) is 11.6 Å². The Morgan fingerprint density at radius 3 is 2.48 bits per heavy atom. The van der Waals surface area contributed by atoms with Gasteiger partial charge in [-0.25, -0.2) is 4.39 Å². The van der Waals surface area contributed by atoms with E-state index >= 15 is 0 Å². The van der Waals surface area contributed by atoms with Gasteiger partial charge in [-0.1, -0.05) is 35.9 Å². The van der Waals surface area contributed by atoms with Crippen LogP contribution in [0.1, 0.15) is 11.1 Å². The van der Waals surface area contributed by atoms with E-state index < -0.39 is 0 Å². The van der Waals surface area contributed by atoms with Crippen LogP contribution in [0, 0.1) is 5.82 Å². The second-order valence-electron chi connectivity index (χ2n) is 4.83. The molecule has 0 radical (unpaired) electrons. The summed E-state index contributed by atoms with van der Waals surface area (Å²) in [5, 5.41) is 6.86. The molecule has 0 aliphatic heterocycles. The van der Waals surface area contributed by atoms with Crippen LogP contribution in [-0.4, -0.2) is 20.1 Å². The second-order valence-corrected chi connectivity index (χ2v) is 5.26. The van der Waals surface area contributed by atoms with E-state index in [1.54, 1.807) is 44.5 Å². The molecule has 2 rings (SSSR count). The highest BCUT2D eigenvalue weighted by atomic mass is 35.5. The van der Waals surface area contributed by atoms with Crippen LogP contribution >= 0.6 is 11.6 Å². The van der Waals surface area contributed by atoms with Gasteiger partial charge in [-0.3, -0.25) is 4.99 Å². The molecule has 0 atom stereocenters. The Kier molecular flexibility index (Phi) is 6.23. The van der Waals surface area contributed by atoms with Gasteiger partial charge in [0.25, 0.3) is 0 Å². The quantitative estimate of drug-likeness (QED) is 0.650. The van der Waals surface area contributed by atoms with Gasteiger partial charge in [-0.2, -0.15) is 0 Å². The number of ether oxygens (including phenoxy) is 1. The molecule has 0 saturated carbocycles. The standard InChI is InChI=1S/C17H19ClFN3O/c1-20-17(21-10-12-5-3-4-6-15(12)19)22-11-13-7-8-14(18)9-16(13)23-2/h3-9H,10-11H2,1-2H3,(H2,20,21,22). The van der Waals surface area contributed by atoms with Crippen LogP contribution in [-0.2, 0) is 13.1 Å². The topological polar surface area (TPSA) is 45.7 Å². The maximum atomic E-state index is 13.6. The average Bonchev–Trinajstić information content (AvgIpc) is 2.57. The number of guanidine groups is 1. The molecule has 0 aliphatic rings. The molecule has 0 spiro atoms. The molecule has 0 saturated heterocycles. The summed E-state index contributed by atoms with van der Waals surface area (Å²) in [4.78, 5) is 4.13. The van der Waals surface area contributed by atoms with E-state index in [1.807, 2.05) is 6.07 Å². The van der Waals surface area contributed by atoms with Crippen molar-refractivity contribution < 1.29 is 9.13 Å². The Labute approximate surface area is 140 Å². The van der Waals surface area contributed by atoms with E-state index in [0.717, 1.165) is 5.56 Å². The lowest BCUT2D eigenvalue weighted by atomic mass is 10.2. The van der Waals surface area contributed by atoms with Gasteiger partial charge in [0.05, 0.1) is 7.11 Å². The first-order valence-corrected chi connectivity index (χ1v) is 7.52. The molecule has 0 amide bonds. The summed E-state index contributed by atoms with van der Waals surface area (Å²) in [5.41, 5.74) is 1.53. The molecule has 122 valence electrons. The number of aliphatic imine (C=N–C) groups is 1. The number of hydrogen-bond donors (Lipinski definition) is 2. The highest BCUT2D eigenvalue weighted by molar-refractivity contribution is 6.30. The minimum absolute atomic E-state index is 0.241. The lowest BCUT2D eigenvalue weighted by molar-refractivity contribution is 0.409. The first kappa shape index (κ1) is 17.1. The smallest absolute Gasteiger partial charge is 0.191 e. The van der Waals surface area contributed by atoms with Crippen LogP contribution in [0.4, 0.5) is 4.39 Å². The van der Waals surface area contributed by atoms with E-state index in [4.69, 9.17) is 16.3 Å². The number of nitrogens with zero attached hydrogens (tertiary/aromatic N) is 1. The number of methoxy groups -OCH3 is 1. The summed E-state index contributed by atoms with van der Waals surface area (Å²) in [6.07, 6.45) is 0. The van der Waals surface area contributed by atoms with Crippen molar-refractivity contribution in [3.8, 4) is 5.75 Å². The molecule has 0 unspecified atom stereocenters. The van der Waals surface area contributed by atoms with Gasteiger partial charge in [-0.15, -0.1) is 0 Å². The predicted octanol–water partition coefficient (Wildman–Crippen LogP) is 3.35. The van der Waals surface area contributed by atoms with Gasteiger partial charge in [0, 0.05) is 36.3 Å². The number of halogens is 2. The molecule has 0 fully saturated rings. The third-order valence-electron chi connectivity index (χ3n) is 3.32. The average molecular weight is 336 g/mol. The fraction of sp³-hybridized carbons (Fsp3) is 0.235.